The minimum absolute atomic E-state index is 0.0246. The van der Waals surface area contributed by atoms with E-state index in [1.807, 2.05) is 4.90 Å². The van der Waals surface area contributed by atoms with Gasteiger partial charge in [-0.05, 0) is 30.9 Å². The largest absolute Gasteiger partial charge is 0.370 e. The number of hydrogen-bond donors (Lipinski definition) is 2. The summed E-state index contributed by atoms with van der Waals surface area (Å²) in [5.74, 6) is -1.03. The summed E-state index contributed by atoms with van der Waals surface area (Å²) >= 11 is 0. The van der Waals surface area contributed by atoms with E-state index in [0.29, 0.717) is 17.9 Å². The van der Waals surface area contributed by atoms with E-state index in [2.05, 4.69) is 16.6 Å². The molecule has 3 N–H and O–H groups in total. The SMILES string of the molecule is CC1CCCN(C(N)=NCCNS(=O)(=O)c2ccc(F)cc2F)C1. The third-order valence-electron chi connectivity index (χ3n) is 3.84. The molecular formula is C15H22F2N4O2S. The summed E-state index contributed by atoms with van der Waals surface area (Å²) in [7, 11) is -4.05. The molecule has 9 heteroatoms. The van der Waals surface area contributed by atoms with Gasteiger partial charge in [0.05, 0.1) is 6.54 Å². The summed E-state index contributed by atoms with van der Waals surface area (Å²) in [6.45, 7) is 3.93. The third-order valence-corrected chi connectivity index (χ3v) is 5.34. The number of sulfonamides is 1. The van der Waals surface area contributed by atoms with Crippen molar-refractivity contribution in [1.29, 1.82) is 0 Å². The molecule has 2 rings (SSSR count). The summed E-state index contributed by atoms with van der Waals surface area (Å²) < 4.78 is 52.6. The molecule has 0 bridgehead atoms. The molecular weight excluding hydrogens is 338 g/mol. The van der Waals surface area contributed by atoms with Crippen LogP contribution < -0.4 is 10.5 Å². The van der Waals surface area contributed by atoms with Crippen molar-refractivity contribution in [3.63, 3.8) is 0 Å². The van der Waals surface area contributed by atoms with Crippen LogP contribution in [0.5, 0.6) is 0 Å². The van der Waals surface area contributed by atoms with Crippen LogP contribution in [-0.4, -0.2) is 45.5 Å². The van der Waals surface area contributed by atoms with Crippen molar-refractivity contribution in [2.24, 2.45) is 16.6 Å². The van der Waals surface area contributed by atoms with E-state index < -0.39 is 26.6 Å². The Kier molecular flexibility index (Phi) is 6.11. The van der Waals surface area contributed by atoms with Crippen LogP contribution in [0.2, 0.25) is 0 Å². The van der Waals surface area contributed by atoms with Gasteiger partial charge in [-0.2, -0.15) is 0 Å². The standard InChI is InChI=1S/C15H22F2N4O2S/c1-11-3-2-8-21(10-11)15(18)19-6-7-20-24(22,23)14-5-4-12(16)9-13(14)17/h4-5,9,11,20H,2-3,6-8,10H2,1H3,(H2,18,19). The second-order valence-corrected chi connectivity index (χ2v) is 7.64. The van der Waals surface area contributed by atoms with Crippen molar-refractivity contribution in [3.05, 3.63) is 29.8 Å². The molecule has 0 aliphatic carbocycles. The van der Waals surface area contributed by atoms with E-state index in [0.717, 1.165) is 38.1 Å². The average Bonchev–Trinajstić information content (AvgIpc) is 2.51. The fourth-order valence-corrected chi connectivity index (χ4v) is 3.70. The molecule has 1 saturated heterocycles. The van der Waals surface area contributed by atoms with Crippen LogP contribution in [0.15, 0.2) is 28.1 Å². The zero-order valence-electron chi connectivity index (χ0n) is 13.5. The van der Waals surface area contributed by atoms with Gasteiger partial charge in [0.25, 0.3) is 0 Å². The summed E-state index contributed by atoms with van der Waals surface area (Å²) in [5.41, 5.74) is 5.91. The number of halogens is 2. The summed E-state index contributed by atoms with van der Waals surface area (Å²) in [4.78, 5) is 5.54. The van der Waals surface area contributed by atoms with Gasteiger partial charge in [0.15, 0.2) is 5.96 Å². The molecule has 1 heterocycles. The first-order valence-corrected chi connectivity index (χ1v) is 9.27. The smallest absolute Gasteiger partial charge is 0.243 e. The van der Waals surface area contributed by atoms with E-state index in [-0.39, 0.29) is 13.1 Å². The van der Waals surface area contributed by atoms with Crippen molar-refractivity contribution in [2.75, 3.05) is 26.2 Å². The Morgan fingerprint density at radius 2 is 2.21 bits per heavy atom. The van der Waals surface area contributed by atoms with Gasteiger partial charge in [-0.1, -0.05) is 6.92 Å². The number of likely N-dealkylation sites (tertiary alicyclic amines) is 1. The van der Waals surface area contributed by atoms with Gasteiger partial charge < -0.3 is 10.6 Å². The minimum Gasteiger partial charge on any atom is -0.370 e. The molecule has 1 unspecified atom stereocenters. The fourth-order valence-electron chi connectivity index (χ4n) is 2.62. The minimum atomic E-state index is -4.05. The third kappa shape index (κ3) is 4.88. The van der Waals surface area contributed by atoms with E-state index in [1.54, 1.807) is 0 Å². The Balaban J connectivity index is 1.89. The monoisotopic (exact) mass is 360 g/mol. The summed E-state index contributed by atoms with van der Waals surface area (Å²) in [6, 6.07) is 2.31. The first-order valence-electron chi connectivity index (χ1n) is 7.79. The highest BCUT2D eigenvalue weighted by atomic mass is 32.2. The molecule has 1 fully saturated rings. The lowest BCUT2D eigenvalue weighted by atomic mass is 10.0. The van der Waals surface area contributed by atoms with Crippen LogP contribution in [0.1, 0.15) is 19.8 Å². The van der Waals surface area contributed by atoms with Gasteiger partial charge in [-0.3, -0.25) is 4.99 Å². The molecule has 0 saturated carbocycles. The first-order chi connectivity index (χ1) is 11.3. The Morgan fingerprint density at radius 3 is 2.88 bits per heavy atom. The maximum atomic E-state index is 13.5. The number of aliphatic imine (C=N–C) groups is 1. The molecule has 0 spiro atoms. The van der Waals surface area contributed by atoms with Gasteiger partial charge in [0, 0.05) is 25.7 Å². The molecule has 0 radical (unpaired) electrons. The molecule has 0 amide bonds. The molecule has 134 valence electrons. The summed E-state index contributed by atoms with van der Waals surface area (Å²) in [5, 5.41) is 0. The van der Waals surface area contributed by atoms with Gasteiger partial charge in [-0.15, -0.1) is 0 Å². The van der Waals surface area contributed by atoms with Gasteiger partial charge >= 0.3 is 0 Å². The van der Waals surface area contributed by atoms with Crippen LogP contribution in [0.3, 0.4) is 0 Å². The predicted molar refractivity (Wildman–Crippen MR) is 88.0 cm³/mol. The number of rotatable bonds is 5. The lowest BCUT2D eigenvalue weighted by Gasteiger charge is -2.31. The quantitative estimate of drug-likeness (QED) is 0.471. The topological polar surface area (TPSA) is 87.8 Å². The van der Waals surface area contributed by atoms with Gasteiger partial charge in [0.2, 0.25) is 10.0 Å². The number of guanidine groups is 1. The Labute approximate surface area is 140 Å². The molecule has 1 aliphatic heterocycles. The fraction of sp³-hybridized carbons (Fsp3) is 0.533. The molecule has 6 nitrogen and oxygen atoms in total. The zero-order valence-corrected chi connectivity index (χ0v) is 14.3. The maximum absolute atomic E-state index is 13.5. The number of nitrogens with two attached hydrogens (primary N) is 1. The van der Waals surface area contributed by atoms with Crippen molar-refractivity contribution < 1.29 is 17.2 Å². The average molecular weight is 360 g/mol. The number of hydrogen-bond acceptors (Lipinski definition) is 3. The van der Waals surface area contributed by atoms with Crippen molar-refractivity contribution in [1.82, 2.24) is 9.62 Å². The number of benzene rings is 1. The van der Waals surface area contributed by atoms with E-state index >= 15 is 0 Å². The lowest BCUT2D eigenvalue weighted by molar-refractivity contribution is 0.270. The van der Waals surface area contributed by atoms with Crippen LogP contribution in [0.25, 0.3) is 0 Å². The highest BCUT2D eigenvalue weighted by Gasteiger charge is 2.19. The molecule has 1 aromatic carbocycles. The normalized spacial score (nSPS) is 19.5. The van der Waals surface area contributed by atoms with E-state index in [4.69, 9.17) is 5.73 Å². The second-order valence-electron chi connectivity index (χ2n) is 5.91. The molecule has 1 aromatic rings. The van der Waals surface area contributed by atoms with Crippen LogP contribution in [0, 0.1) is 17.6 Å². The molecule has 24 heavy (non-hydrogen) atoms. The second kappa shape index (κ2) is 7.89. The Morgan fingerprint density at radius 1 is 1.46 bits per heavy atom. The van der Waals surface area contributed by atoms with Crippen LogP contribution in [-0.2, 0) is 10.0 Å². The van der Waals surface area contributed by atoms with Crippen LogP contribution in [0.4, 0.5) is 8.78 Å². The highest BCUT2D eigenvalue weighted by Crippen LogP contribution is 2.16. The van der Waals surface area contributed by atoms with Gasteiger partial charge in [-0.25, -0.2) is 21.9 Å². The van der Waals surface area contributed by atoms with Crippen molar-refractivity contribution >= 4 is 16.0 Å². The Hall–Kier alpha value is -1.74. The predicted octanol–water partition coefficient (Wildman–Crippen LogP) is 1.29. The van der Waals surface area contributed by atoms with E-state index in [1.165, 1.54) is 0 Å². The number of nitrogens with zero attached hydrogens (tertiary/aromatic N) is 2. The Bertz CT molecular complexity index is 709. The molecule has 0 aromatic heterocycles. The van der Waals surface area contributed by atoms with Crippen molar-refractivity contribution in [2.45, 2.75) is 24.7 Å². The van der Waals surface area contributed by atoms with Crippen molar-refractivity contribution in [3.8, 4) is 0 Å². The molecule has 1 aliphatic rings. The highest BCUT2D eigenvalue weighted by molar-refractivity contribution is 7.89. The van der Waals surface area contributed by atoms with Crippen LogP contribution >= 0.6 is 0 Å². The number of piperidine rings is 1. The van der Waals surface area contributed by atoms with E-state index in [9.17, 15) is 17.2 Å². The lowest BCUT2D eigenvalue weighted by Crippen LogP contribution is -2.43. The van der Waals surface area contributed by atoms with Gasteiger partial charge in [0.1, 0.15) is 16.5 Å². The summed E-state index contributed by atoms with van der Waals surface area (Å²) in [6.07, 6.45) is 2.21. The maximum Gasteiger partial charge on any atom is 0.243 e. The molecule has 1 atom stereocenters. The first kappa shape index (κ1) is 18.6. The zero-order chi connectivity index (χ0) is 17.7. The number of nitrogens with one attached hydrogen (secondary N) is 1.